The molecule has 1 amide bonds. The van der Waals surface area contributed by atoms with Crippen molar-refractivity contribution in [3.63, 3.8) is 0 Å². The number of amides is 1. The second kappa shape index (κ2) is 3.38. The Bertz CT molecular complexity index is 372. The van der Waals surface area contributed by atoms with E-state index in [4.69, 9.17) is 0 Å². The van der Waals surface area contributed by atoms with Crippen LogP contribution in [-0.2, 0) is 14.6 Å². The summed E-state index contributed by atoms with van der Waals surface area (Å²) in [6.45, 7) is 6.85. The van der Waals surface area contributed by atoms with E-state index in [1.54, 1.807) is 13.8 Å². The average molecular weight is 217 g/mol. The molecule has 1 rings (SSSR count). The summed E-state index contributed by atoms with van der Waals surface area (Å²) < 4.78 is 22.4. The monoisotopic (exact) mass is 217 g/mol. The summed E-state index contributed by atoms with van der Waals surface area (Å²) >= 11 is 0. The fraction of sp³-hybridized carbons (Fsp3) is 0.667. The molecule has 0 aromatic rings. The number of rotatable bonds is 2. The highest BCUT2D eigenvalue weighted by Gasteiger charge is 2.39. The van der Waals surface area contributed by atoms with E-state index >= 15 is 0 Å². The number of carbonyl (C=O) groups excluding carboxylic acids is 1. The van der Waals surface area contributed by atoms with E-state index in [0.29, 0.717) is 12.0 Å². The van der Waals surface area contributed by atoms with E-state index in [2.05, 4.69) is 11.9 Å². The molecule has 1 unspecified atom stereocenters. The van der Waals surface area contributed by atoms with Gasteiger partial charge in [-0.25, -0.2) is 8.42 Å². The first-order valence-corrected chi connectivity index (χ1v) is 6.25. The van der Waals surface area contributed by atoms with Crippen LogP contribution in [0.2, 0.25) is 0 Å². The van der Waals surface area contributed by atoms with Crippen LogP contribution in [0, 0.1) is 0 Å². The topological polar surface area (TPSA) is 63.2 Å². The van der Waals surface area contributed by atoms with Gasteiger partial charge < -0.3 is 5.32 Å². The molecule has 0 aromatic heterocycles. The van der Waals surface area contributed by atoms with Crippen LogP contribution >= 0.6 is 0 Å². The molecule has 1 atom stereocenters. The van der Waals surface area contributed by atoms with Crippen molar-refractivity contribution in [1.29, 1.82) is 0 Å². The quantitative estimate of drug-likeness (QED) is 0.675. The lowest BCUT2D eigenvalue weighted by Gasteiger charge is -2.23. The molecular formula is C9H15NO3S. The molecule has 1 fully saturated rings. The molecule has 14 heavy (non-hydrogen) atoms. The van der Waals surface area contributed by atoms with Crippen molar-refractivity contribution >= 4 is 15.7 Å². The Balaban J connectivity index is 2.71. The smallest absolute Gasteiger partial charge is 0.246 e. The lowest BCUT2D eigenvalue weighted by Crippen LogP contribution is -2.47. The first-order chi connectivity index (χ1) is 6.24. The van der Waals surface area contributed by atoms with Crippen LogP contribution in [0.5, 0.6) is 0 Å². The van der Waals surface area contributed by atoms with Crippen molar-refractivity contribution in [3.05, 3.63) is 12.2 Å². The Morgan fingerprint density at radius 1 is 1.50 bits per heavy atom. The zero-order valence-electron chi connectivity index (χ0n) is 8.46. The number of nitrogens with one attached hydrogen (secondary N) is 1. The maximum atomic E-state index is 11.3. The molecule has 1 saturated heterocycles. The maximum Gasteiger partial charge on any atom is 0.246 e. The molecule has 1 N–H and O–H groups in total. The second-order valence-electron chi connectivity index (χ2n) is 4.14. The summed E-state index contributed by atoms with van der Waals surface area (Å²) in [6.07, 6.45) is 0.481. The number of carbonyl (C=O) groups is 1. The molecule has 0 radical (unpaired) electrons. The average Bonchev–Trinajstić information content (AvgIpc) is 2.25. The summed E-state index contributed by atoms with van der Waals surface area (Å²) in [5, 5.41) is 2.69. The molecule has 1 aliphatic heterocycles. The highest BCUT2D eigenvalue weighted by molar-refractivity contribution is 7.91. The van der Waals surface area contributed by atoms with Crippen LogP contribution in [0.1, 0.15) is 20.3 Å². The molecule has 5 heteroatoms. The standard InChI is InChI=1S/C9H15NO3S/c1-7(2)8(11)10-9(3)4-5-14(12,13)6-9/h1,4-6H2,2-3H3,(H,10,11). The van der Waals surface area contributed by atoms with Crippen LogP contribution in [0.15, 0.2) is 12.2 Å². The van der Waals surface area contributed by atoms with Gasteiger partial charge in [-0.3, -0.25) is 4.79 Å². The molecule has 1 heterocycles. The molecule has 4 nitrogen and oxygen atoms in total. The van der Waals surface area contributed by atoms with Gasteiger partial charge in [0.1, 0.15) is 0 Å². The van der Waals surface area contributed by atoms with Crippen LogP contribution in [0.4, 0.5) is 0 Å². The van der Waals surface area contributed by atoms with Crippen LogP contribution in [0.3, 0.4) is 0 Å². The van der Waals surface area contributed by atoms with Crippen molar-refractivity contribution in [2.75, 3.05) is 11.5 Å². The zero-order chi connectivity index (χ0) is 11.0. The first-order valence-electron chi connectivity index (χ1n) is 4.43. The molecule has 0 saturated carbocycles. The van der Waals surface area contributed by atoms with E-state index < -0.39 is 15.4 Å². The summed E-state index contributed by atoms with van der Waals surface area (Å²) in [5.74, 6) is -0.0940. The predicted molar refractivity (Wildman–Crippen MR) is 54.6 cm³/mol. The third kappa shape index (κ3) is 2.57. The molecule has 1 aliphatic rings. The summed E-state index contributed by atoms with van der Waals surface area (Å²) in [4.78, 5) is 11.3. The molecule has 0 spiro atoms. The van der Waals surface area contributed by atoms with Crippen LogP contribution < -0.4 is 5.32 Å². The highest BCUT2D eigenvalue weighted by atomic mass is 32.2. The van der Waals surface area contributed by atoms with Crippen molar-refractivity contribution in [2.45, 2.75) is 25.8 Å². The van der Waals surface area contributed by atoms with E-state index in [-0.39, 0.29) is 17.4 Å². The van der Waals surface area contributed by atoms with Gasteiger partial charge in [0.05, 0.1) is 17.0 Å². The van der Waals surface area contributed by atoms with Crippen molar-refractivity contribution in [3.8, 4) is 0 Å². The summed E-state index contributed by atoms with van der Waals surface area (Å²) in [6, 6.07) is 0. The molecule has 0 bridgehead atoms. The van der Waals surface area contributed by atoms with E-state index in [1.165, 1.54) is 0 Å². The van der Waals surface area contributed by atoms with Crippen molar-refractivity contribution in [2.24, 2.45) is 0 Å². The highest BCUT2D eigenvalue weighted by Crippen LogP contribution is 2.22. The van der Waals surface area contributed by atoms with Gasteiger partial charge in [0.25, 0.3) is 0 Å². The van der Waals surface area contributed by atoms with Gasteiger partial charge in [-0.05, 0) is 20.3 Å². The van der Waals surface area contributed by atoms with E-state index in [9.17, 15) is 13.2 Å². The molecule has 80 valence electrons. The van der Waals surface area contributed by atoms with Crippen LogP contribution in [-0.4, -0.2) is 31.4 Å². The van der Waals surface area contributed by atoms with Crippen LogP contribution in [0.25, 0.3) is 0 Å². The van der Waals surface area contributed by atoms with Crippen molar-refractivity contribution in [1.82, 2.24) is 5.32 Å². The molecule has 0 aliphatic carbocycles. The third-order valence-electron chi connectivity index (χ3n) is 2.31. The lowest BCUT2D eigenvalue weighted by molar-refractivity contribution is -0.118. The SMILES string of the molecule is C=C(C)C(=O)NC1(C)CCS(=O)(=O)C1. The van der Waals surface area contributed by atoms with Gasteiger partial charge in [0, 0.05) is 5.57 Å². The minimum absolute atomic E-state index is 0.0268. The van der Waals surface area contributed by atoms with Gasteiger partial charge in [-0.15, -0.1) is 0 Å². The maximum absolute atomic E-state index is 11.3. The second-order valence-corrected chi connectivity index (χ2v) is 6.32. The molecule has 0 aromatic carbocycles. The largest absolute Gasteiger partial charge is 0.346 e. The fourth-order valence-corrected chi connectivity index (χ4v) is 3.58. The minimum Gasteiger partial charge on any atom is -0.346 e. The normalized spacial score (nSPS) is 29.9. The number of hydrogen-bond donors (Lipinski definition) is 1. The summed E-state index contributed by atoms with van der Waals surface area (Å²) in [5.41, 5.74) is -0.218. The summed E-state index contributed by atoms with van der Waals surface area (Å²) in [7, 11) is -2.97. The van der Waals surface area contributed by atoms with E-state index in [0.717, 1.165) is 0 Å². The zero-order valence-corrected chi connectivity index (χ0v) is 9.28. The van der Waals surface area contributed by atoms with Gasteiger partial charge in [-0.1, -0.05) is 6.58 Å². The fourth-order valence-electron chi connectivity index (χ4n) is 1.49. The Hall–Kier alpha value is -0.840. The Labute approximate surface area is 84.3 Å². The van der Waals surface area contributed by atoms with Gasteiger partial charge >= 0.3 is 0 Å². The van der Waals surface area contributed by atoms with Gasteiger partial charge in [0.15, 0.2) is 9.84 Å². The van der Waals surface area contributed by atoms with Crippen molar-refractivity contribution < 1.29 is 13.2 Å². The Morgan fingerprint density at radius 2 is 2.07 bits per heavy atom. The Morgan fingerprint density at radius 3 is 2.43 bits per heavy atom. The van der Waals surface area contributed by atoms with Gasteiger partial charge in [-0.2, -0.15) is 0 Å². The number of sulfone groups is 1. The predicted octanol–water partition coefficient (Wildman–Crippen LogP) is 0.256. The number of hydrogen-bond acceptors (Lipinski definition) is 3. The molecular weight excluding hydrogens is 202 g/mol. The lowest BCUT2D eigenvalue weighted by atomic mass is 10.0. The third-order valence-corrected chi connectivity index (χ3v) is 4.21. The first kappa shape index (κ1) is 11.2. The van der Waals surface area contributed by atoms with E-state index in [1.807, 2.05) is 0 Å². The van der Waals surface area contributed by atoms with Gasteiger partial charge in [0.2, 0.25) is 5.91 Å². The Kier molecular flexibility index (Phi) is 2.71. The minimum atomic E-state index is -2.97.